The monoisotopic (exact) mass is 334 g/mol. The Morgan fingerprint density at radius 1 is 1.18 bits per heavy atom. The third-order valence-corrected chi connectivity index (χ3v) is 3.04. The normalized spacial score (nSPS) is 10.4. The summed E-state index contributed by atoms with van der Waals surface area (Å²) in [6, 6.07) is 6.04. The fraction of sp³-hybridized carbons (Fsp3) is 0. The predicted molar refractivity (Wildman–Crippen MR) is 71.6 cm³/mol. The van der Waals surface area contributed by atoms with Crippen molar-refractivity contribution in [3.8, 4) is 0 Å². The Kier molecular flexibility index (Phi) is 3.86. The maximum absolute atomic E-state index is 13.5. The fourth-order valence-electron chi connectivity index (χ4n) is 1.22. The summed E-state index contributed by atoms with van der Waals surface area (Å²) in [5, 5.41) is 3.69. The van der Waals surface area contributed by atoms with E-state index in [2.05, 4.69) is 26.2 Å². The lowest BCUT2D eigenvalue weighted by molar-refractivity contribution is 0.632. The summed E-state index contributed by atoms with van der Waals surface area (Å²) in [6.45, 7) is 0. The smallest absolute Gasteiger partial charge is 0.148 e. The number of pyridine rings is 1. The molecule has 88 valence electrons. The molecule has 0 saturated heterocycles. The highest BCUT2D eigenvalue weighted by molar-refractivity contribution is 9.10. The van der Waals surface area contributed by atoms with Gasteiger partial charge in [-0.25, -0.2) is 9.37 Å². The van der Waals surface area contributed by atoms with Crippen molar-refractivity contribution in [1.29, 1.82) is 0 Å². The van der Waals surface area contributed by atoms with Crippen LogP contribution in [0.3, 0.4) is 0 Å². The van der Waals surface area contributed by atoms with Crippen molar-refractivity contribution >= 4 is 50.6 Å². The molecule has 0 spiro atoms. The molecule has 0 unspecified atom stereocenters. The summed E-state index contributed by atoms with van der Waals surface area (Å²) in [5.41, 5.74) is 0.296. The van der Waals surface area contributed by atoms with Gasteiger partial charge in [0.25, 0.3) is 0 Å². The summed E-state index contributed by atoms with van der Waals surface area (Å²) >= 11 is 14.7. The zero-order chi connectivity index (χ0) is 12.4. The summed E-state index contributed by atoms with van der Waals surface area (Å²) in [7, 11) is 0. The molecule has 0 aliphatic carbocycles. The second-order valence-electron chi connectivity index (χ2n) is 3.23. The number of nitrogens with one attached hydrogen (secondary N) is 1. The molecule has 1 N–H and O–H groups in total. The first-order chi connectivity index (χ1) is 8.06. The number of nitrogens with zero attached hydrogens (tertiary/aromatic N) is 1. The number of hydrogen-bond acceptors (Lipinski definition) is 2. The number of benzene rings is 1. The minimum Gasteiger partial charge on any atom is -0.337 e. The quantitative estimate of drug-likeness (QED) is 0.832. The zero-order valence-corrected chi connectivity index (χ0v) is 11.4. The lowest BCUT2D eigenvalue weighted by Gasteiger charge is -2.08. The summed E-state index contributed by atoms with van der Waals surface area (Å²) in [4.78, 5) is 4.05. The van der Waals surface area contributed by atoms with Crippen molar-refractivity contribution in [3.63, 3.8) is 0 Å². The van der Waals surface area contributed by atoms with Gasteiger partial charge in [-0.05, 0) is 40.2 Å². The van der Waals surface area contributed by atoms with E-state index in [4.69, 9.17) is 23.2 Å². The van der Waals surface area contributed by atoms with Crippen LogP contribution in [0.25, 0.3) is 0 Å². The van der Waals surface area contributed by atoms with E-state index < -0.39 is 5.82 Å². The molecule has 1 aromatic carbocycles. The van der Waals surface area contributed by atoms with E-state index in [0.717, 1.165) is 0 Å². The molecule has 6 heteroatoms. The maximum atomic E-state index is 13.5. The Hall–Kier alpha value is -0.840. The molecule has 2 rings (SSSR count). The lowest BCUT2D eigenvalue weighted by Crippen LogP contribution is -1.97. The average Bonchev–Trinajstić information content (AvgIpc) is 2.25. The molecule has 1 heterocycles. The van der Waals surface area contributed by atoms with Crippen molar-refractivity contribution in [2.24, 2.45) is 0 Å². The molecule has 0 bridgehead atoms. The topological polar surface area (TPSA) is 24.9 Å². The van der Waals surface area contributed by atoms with Crippen LogP contribution in [0, 0.1) is 5.82 Å². The van der Waals surface area contributed by atoms with Crippen molar-refractivity contribution in [3.05, 3.63) is 50.8 Å². The second-order valence-corrected chi connectivity index (χ2v) is 4.96. The molecule has 17 heavy (non-hydrogen) atoms. The number of rotatable bonds is 2. The largest absolute Gasteiger partial charge is 0.337 e. The highest BCUT2D eigenvalue weighted by Gasteiger charge is 2.07. The van der Waals surface area contributed by atoms with Crippen LogP contribution in [-0.4, -0.2) is 4.98 Å². The van der Waals surface area contributed by atoms with E-state index in [9.17, 15) is 4.39 Å². The van der Waals surface area contributed by atoms with Gasteiger partial charge in [0.05, 0.1) is 15.2 Å². The Morgan fingerprint density at radius 2 is 1.94 bits per heavy atom. The Balaban J connectivity index is 2.31. The van der Waals surface area contributed by atoms with Crippen LogP contribution in [0.5, 0.6) is 0 Å². The Morgan fingerprint density at radius 3 is 2.59 bits per heavy atom. The van der Waals surface area contributed by atoms with Crippen LogP contribution < -0.4 is 5.32 Å². The standard InChI is InChI=1S/C11H6BrCl2FN2/c12-8-3-7(14)5-16-11(8)17-10-2-1-6(13)4-9(10)15/h1-5H,(H,16,17). The van der Waals surface area contributed by atoms with E-state index in [1.54, 1.807) is 18.2 Å². The number of anilines is 2. The average molecular weight is 336 g/mol. The zero-order valence-electron chi connectivity index (χ0n) is 8.35. The van der Waals surface area contributed by atoms with Crippen molar-refractivity contribution in [2.45, 2.75) is 0 Å². The Bertz CT molecular complexity index is 514. The molecule has 0 amide bonds. The molecule has 0 aliphatic rings. The predicted octanol–water partition coefficient (Wildman–Crippen LogP) is 5.03. The highest BCUT2D eigenvalue weighted by Crippen LogP contribution is 2.28. The van der Waals surface area contributed by atoms with E-state index in [0.29, 0.717) is 26.0 Å². The van der Waals surface area contributed by atoms with Gasteiger partial charge in [0.15, 0.2) is 0 Å². The molecule has 0 radical (unpaired) electrons. The van der Waals surface area contributed by atoms with Gasteiger partial charge < -0.3 is 5.32 Å². The second kappa shape index (κ2) is 5.21. The van der Waals surface area contributed by atoms with Gasteiger partial charge in [-0.1, -0.05) is 23.2 Å². The molecule has 2 aromatic rings. The summed E-state index contributed by atoms with van der Waals surface area (Å²) in [6.07, 6.45) is 1.47. The van der Waals surface area contributed by atoms with Gasteiger partial charge in [-0.15, -0.1) is 0 Å². The molecular weight excluding hydrogens is 330 g/mol. The first-order valence-electron chi connectivity index (χ1n) is 4.59. The van der Waals surface area contributed by atoms with Crippen molar-refractivity contribution < 1.29 is 4.39 Å². The van der Waals surface area contributed by atoms with Crippen LogP contribution >= 0.6 is 39.1 Å². The molecule has 0 aliphatic heterocycles. The van der Waals surface area contributed by atoms with Crippen LogP contribution in [0.1, 0.15) is 0 Å². The van der Waals surface area contributed by atoms with E-state index >= 15 is 0 Å². The van der Waals surface area contributed by atoms with E-state index in [-0.39, 0.29) is 0 Å². The molecule has 0 saturated carbocycles. The van der Waals surface area contributed by atoms with E-state index in [1.165, 1.54) is 12.3 Å². The minimum atomic E-state index is -0.443. The third-order valence-electron chi connectivity index (χ3n) is 1.99. The van der Waals surface area contributed by atoms with Crippen LogP contribution in [-0.2, 0) is 0 Å². The highest BCUT2D eigenvalue weighted by atomic mass is 79.9. The first-order valence-corrected chi connectivity index (χ1v) is 6.14. The molecule has 1 aromatic heterocycles. The molecular formula is C11H6BrCl2FN2. The number of hydrogen-bond donors (Lipinski definition) is 1. The van der Waals surface area contributed by atoms with Crippen molar-refractivity contribution in [1.82, 2.24) is 4.98 Å². The van der Waals surface area contributed by atoms with Crippen LogP contribution in [0.2, 0.25) is 10.0 Å². The number of aromatic nitrogens is 1. The Labute approximate surface area is 116 Å². The van der Waals surface area contributed by atoms with E-state index in [1.807, 2.05) is 0 Å². The first kappa shape index (κ1) is 12.6. The van der Waals surface area contributed by atoms with Gasteiger partial charge in [0, 0.05) is 11.2 Å². The summed E-state index contributed by atoms with van der Waals surface area (Å²) in [5.74, 6) is 0.0387. The van der Waals surface area contributed by atoms with Gasteiger partial charge in [0.2, 0.25) is 0 Å². The summed E-state index contributed by atoms with van der Waals surface area (Å²) < 4.78 is 14.2. The lowest BCUT2D eigenvalue weighted by atomic mass is 10.3. The van der Waals surface area contributed by atoms with Crippen LogP contribution in [0.4, 0.5) is 15.9 Å². The third kappa shape index (κ3) is 3.09. The number of halogens is 4. The fourth-order valence-corrected chi connectivity index (χ4v) is 2.12. The molecule has 0 atom stereocenters. The molecule has 0 fully saturated rings. The van der Waals surface area contributed by atoms with Gasteiger partial charge in [-0.3, -0.25) is 0 Å². The van der Waals surface area contributed by atoms with Crippen molar-refractivity contribution in [2.75, 3.05) is 5.32 Å². The van der Waals surface area contributed by atoms with Crippen LogP contribution in [0.15, 0.2) is 34.9 Å². The van der Waals surface area contributed by atoms with Gasteiger partial charge in [0.1, 0.15) is 11.6 Å². The van der Waals surface area contributed by atoms with Gasteiger partial charge in [-0.2, -0.15) is 0 Å². The van der Waals surface area contributed by atoms with Gasteiger partial charge >= 0.3 is 0 Å². The maximum Gasteiger partial charge on any atom is 0.148 e. The minimum absolute atomic E-state index is 0.296. The SMILES string of the molecule is Fc1cc(Cl)ccc1Nc1ncc(Cl)cc1Br. The molecule has 2 nitrogen and oxygen atoms in total.